The van der Waals surface area contributed by atoms with E-state index in [1.165, 1.54) is 11.3 Å². The zero-order valence-electron chi connectivity index (χ0n) is 8.06. The topological polar surface area (TPSA) is 55.6 Å². The Morgan fingerprint density at radius 3 is 2.93 bits per heavy atom. The molecule has 2 aromatic heterocycles. The van der Waals surface area contributed by atoms with E-state index in [9.17, 15) is 0 Å². The largest absolute Gasteiger partial charge is 0.363 e. The van der Waals surface area contributed by atoms with Crippen molar-refractivity contribution in [3.05, 3.63) is 12.4 Å². The molecular formula is C8H11N5S. The van der Waals surface area contributed by atoms with Crippen molar-refractivity contribution in [2.45, 2.75) is 13.5 Å². The van der Waals surface area contributed by atoms with Crippen LogP contribution in [0, 0.1) is 0 Å². The first kappa shape index (κ1) is 9.14. The summed E-state index contributed by atoms with van der Waals surface area (Å²) in [5.41, 5.74) is 1.02. The smallest absolute Gasteiger partial charge is 0.205 e. The van der Waals surface area contributed by atoms with E-state index in [1.807, 2.05) is 24.1 Å². The molecule has 0 aromatic carbocycles. The van der Waals surface area contributed by atoms with Crippen LogP contribution in [0.3, 0.4) is 0 Å². The summed E-state index contributed by atoms with van der Waals surface area (Å²) in [4.78, 5) is 0. The molecule has 5 nitrogen and oxygen atoms in total. The van der Waals surface area contributed by atoms with Crippen molar-refractivity contribution in [1.29, 1.82) is 0 Å². The number of rotatable bonds is 3. The minimum Gasteiger partial charge on any atom is -0.363 e. The van der Waals surface area contributed by atoms with Crippen molar-refractivity contribution >= 4 is 16.5 Å². The van der Waals surface area contributed by atoms with Gasteiger partial charge in [-0.3, -0.25) is 4.68 Å². The van der Waals surface area contributed by atoms with Gasteiger partial charge in [-0.2, -0.15) is 5.10 Å². The molecule has 2 heterocycles. The Morgan fingerprint density at radius 1 is 1.50 bits per heavy atom. The molecule has 0 aliphatic rings. The highest BCUT2D eigenvalue weighted by molar-refractivity contribution is 7.18. The molecular weight excluding hydrogens is 198 g/mol. The molecule has 74 valence electrons. The van der Waals surface area contributed by atoms with Crippen molar-refractivity contribution < 1.29 is 0 Å². The molecule has 0 unspecified atom stereocenters. The first-order valence-electron chi connectivity index (χ1n) is 4.37. The third-order valence-corrected chi connectivity index (χ3v) is 2.83. The SMILES string of the molecule is CCn1cc(-c2nnc(NC)s2)cn1. The summed E-state index contributed by atoms with van der Waals surface area (Å²) in [5.74, 6) is 0. The Kier molecular flexibility index (Phi) is 2.45. The van der Waals surface area contributed by atoms with Gasteiger partial charge in [-0.05, 0) is 6.92 Å². The van der Waals surface area contributed by atoms with Gasteiger partial charge in [-0.1, -0.05) is 11.3 Å². The van der Waals surface area contributed by atoms with Gasteiger partial charge in [-0.15, -0.1) is 10.2 Å². The van der Waals surface area contributed by atoms with Gasteiger partial charge in [0.15, 0.2) is 5.01 Å². The van der Waals surface area contributed by atoms with Crippen LogP contribution in [0.5, 0.6) is 0 Å². The predicted molar refractivity (Wildman–Crippen MR) is 56.4 cm³/mol. The van der Waals surface area contributed by atoms with Crippen LogP contribution in [-0.4, -0.2) is 27.0 Å². The van der Waals surface area contributed by atoms with Gasteiger partial charge in [0.1, 0.15) is 0 Å². The second-order valence-corrected chi connectivity index (χ2v) is 3.72. The molecule has 6 heteroatoms. The molecule has 0 atom stereocenters. The summed E-state index contributed by atoms with van der Waals surface area (Å²) >= 11 is 1.52. The first-order valence-corrected chi connectivity index (χ1v) is 5.19. The zero-order valence-corrected chi connectivity index (χ0v) is 8.88. The second-order valence-electron chi connectivity index (χ2n) is 2.75. The normalized spacial score (nSPS) is 10.4. The quantitative estimate of drug-likeness (QED) is 0.831. The van der Waals surface area contributed by atoms with Gasteiger partial charge in [0, 0.05) is 19.8 Å². The van der Waals surface area contributed by atoms with Crippen molar-refractivity contribution in [2.75, 3.05) is 12.4 Å². The molecule has 2 rings (SSSR count). The lowest BCUT2D eigenvalue weighted by molar-refractivity contribution is 0.660. The van der Waals surface area contributed by atoms with E-state index in [0.29, 0.717) is 0 Å². The van der Waals surface area contributed by atoms with Crippen molar-refractivity contribution in [3.63, 3.8) is 0 Å². The van der Waals surface area contributed by atoms with E-state index >= 15 is 0 Å². The van der Waals surface area contributed by atoms with E-state index in [2.05, 4.69) is 27.5 Å². The monoisotopic (exact) mass is 209 g/mol. The average molecular weight is 209 g/mol. The molecule has 0 spiro atoms. The number of aromatic nitrogens is 4. The minimum atomic E-state index is 0.823. The maximum Gasteiger partial charge on any atom is 0.205 e. The minimum absolute atomic E-state index is 0.823. The second kappa shape index (κ2) is 3.75. The highest BCUT2D eigenvalue weighted by atomic mass is 32.1. The zero-order chi connectivity index (χ0) is 9.97. The molecule has 0 saturated heterocycles. The Labute approximate surface area is 85.8 Å². The van der Waals surface area contributed by atoms with Crippen LogP contribution in [0.1, 0.15) is 6.92 Å². The van der Waals surface area contributed by atoms with E-state index in [1.54, 1.807) is 0 Å². The maximum absolute atomic E-state index is 4.18. The standard InChI is InChI=1S/C8H11N5S/c1-3-13-5-6(4-10-13)7-11-12-8(9-2)14-7/h4-5H,3H2,1-2H3,(H,9,12). The fraction of sp³-hybridized carbons (Fsp3) is 0.375. The molecule has 0 bridgehead atoms. The number of nitrogens with zero attached hydrogens (tertiary/aromatic N) is 4. The van der Waals surface area contributed by atoms with E-state index < -0.39 is 0 Å². The maximum atomic E-state index is 4.18. The number of aryl methyl sites for hydroxylation is 1. The van der Waals surface area contributed by atoms with Crippen LogP contribution in [-0.2, 0) is 6.54 Å². The van der Waals surface area contributed by atoms with Crippen molar-refractivity contribution in [2.24, 2.45) is 0 Å². The van der Waals surface area contributed by atoms with Gasteiger partial charge in [0.2, 0.25) is 5.13 Å². The van der Waals surface area contributed by atoms with Crippen LogP contribution in [0.25, 0.3) is 10.6 Å². The summed E-state index contributed by atoms with van der Waals surface area (Å²) < 4.78 is 1.87. The number of hydrogen-bond acceptors (Lipinski definition) is 5. The fourth-order valence-electron chi connectivity index (χ4n) is 1.09. The Morgan fingerprint density at radius 2 is 2.36 bits per heavy atom. The molecule has 14 heavy (non-hydrogen) atoms. The first-order chi connectivity index (χ1) is 6.83. The number of hydrogen-bond donors (Lipinski definition) is 1. The summed E-state index contributed by atoms with van der Waals surface area (Å²) in [6, 6.07) is 0. The summed E-state index contributed by atoms with van der Waals surface area (Å²) in [6.07, 6.45) is 3.78. The van der Waals surface area contributed by atoms with Crippen LogP contribution < -0.4 is 5.32 Å². The number of nitrogens with one attached hydrogen (secondary N) is 1. The summed E-state index contributed by atoms with van der Waals surface area (Å²) in [7, 11) is 1.83. The highest BCUT2D eigenvalue weighted by Gasteiger charge is 2.07. The van der Waals surface area contributed by atoms with Crippen LogP contribution in [0.15, 0.2) is 12.4 Å². The molecule has 0 amide bonds. The lowest BCUT2D eigenvalue weighted by atomic mass is 10.4. The number of anilines is 1. The van der Waals surface area contributed by atoms with E-state index in [4.69, 9.17) is 0 Å². The summed E-state index contributed by atoms with van der Waals surface area (Å²) in [5, 5.41) is 16.9. The summed E-state index contributed by atoms with van der Waals surface area (Å²) in [6.45, 7) is 2.92. The van der Waals surface area contributed by atoms with Gasteiger partial charge >= 0.3 is 0 Å². The van der Waals surface area contributed by atoms with Gasteiger partial charge in [-0.25, -0.2) is 0 Å². The van der Waals surface area contributed by atoms with Crippen LogP contribution in [0.2, 0.25) is 0 Å². The average Bonchev–Trinajstić information content (AvgIpc) is 2.86. The molecule has 0 aliphatic heterocycles. The predicted octanol–water partition coefficient (Wildman–Crippen LogP) is 1.46. The fourth-order valence-corrected chi connectivity index (χ4v) is 1.76. The van der Waals surface area contributed by atoms with E-state index in [0.717, 1.165) is 22.2 Å². The molecule has 0 saturated carbocycles. The lowest BCUT2D eigenvalue weighted by Gasteiger charge is -1.89. The Balaban J connectivity index is 2.29. The Hall–Kier alpha value is -1.43. The lowest BCUT2D eigenvalue weighted by Crippen LogP contribution is -1.91. The van der Waals surface area contributed by atoms with Gasteiger partial charge < -0.3 is 5.32 Å². The molecule has 0 fully saturated rings. The molecule has 2 aromatic rings. The van der Waals surface area contributed by atoms with Crippen molar-refractivity contribution in [3.8, 4) is 10.6 Å². The third kappa shape index (κ3) is 1.60. The Bertz CT molecular complexity index is 379. The highest BCUT2D eigenvalue weighted by Crippen LogP contribution is 2.25. The van der Waals surface area contributed by atoms with Crippen molar-refractivity contribution in [1.82, 2.24) is 20.0 Å². The van der Waals surface area contributed by atoms with Crippen LogP contribution >= 0.6 is 11.3 Å². The van der Waals surface area contributed by atoms with E-state index in [-0.39, 0.29) is 0 Å². The third-order valence-electron chi connectivity index (χ3n) is 1.84. The van der Waals surface area contributed by atoms with Crippen LogP contribution in [0.4, 0.5) is 5.13 Å². The van der Waals surface area contributed by atoms with Gasteiger partial charge in [0.05, 0.1) is 11.8 Å². The molecule has 1 N–H and O–H groups in total. The molecule has 0 aliphatic carbocycles. The molecule has 0 radical (unpaired) electrons. The van der Waals surface area contributed by atoms with Gasteiger partial charge in [0.25, 0.3) is 0 Å².